The van der Waals surface area contributed by atoms with E-state index in [2.05, 4.69) is 11.6 Å². The van der Waals surface area contributed by atoms with Crippen LogP contribution in [0.1, 0.15) is 11.1 Å². The molecule has 2 heterocycles. The second-order valence-corrected chi connectivity index (χ2v) is 6.94. The zero-order valence-corrected chi connectivity index (χ0v) is 16.2. The molecule has 0 radical (unpaired) electrons. The summed E-state index contributed by atoms with van der Waals surface area (Å²) in [5, 5.41) is 0. The molecule has 0 fully saturated rings. The Hall–Kier alpha value is -3.81. The Labute approximate surface area is 170 Å². The number of imidazole rings is 1. The lowest BCUT2D eigenvalue weighted by molar-refractivity contribution is 0.567. The minimum absolute atomic E-state index is 0.00948. The Morgan fingerprint density at radius 3 is 2.50 bits per heavy atom. The van der Waals surface area contributed by atoms with Gasteiger partial charge in [0.05, 0.1) is 18.6 Å². The molecule has 0 saturated carbocycles. The van der Waals surface area contributed by atoms with E-state index in [-0.39, 0.29) is 29.8 Å². The summed E-state index contributed by atoms with van der Waals surface area (Å²) in [6.45, 7) is 5.50. The summed E-state index contributed by atoms with van der Waals surface area (Å²) in [5.74, 6) is -1.41. The Bertz CT molecular complexity index is 1380. The van der Waals surface area contributed by atoms with Crippen LogP contribution in [0.2, 0.25) is 0 Å². The van der Waals surface area contributed by atoms with E-state index in [1.54, 1.807) is 12.1 Å². The van der Waals surface area contributed by atoms with E-state index in [0.717, 1.165) is 22.3 Å². The summed E-state index contributed by atoms with van der Waals surface area (Å²) in [6.07, 6.45) is 2.83. The molecule has 0 amide bonds. The summed E-state index contributed by atoms with van der Waals surface area (Å²) in [7, 11) is 0. The fraction of sp³-hybridized carbons (Fsp3) is 0.136. The summed E-state index contributed by atoms with van der Waals surface area (Å²) >= 11 is 0. The van der Waals surface area contributed by atoms with Crippen LogP contribution in [-0.4, -0.2) is 18.7 Å². The molecule has 4 aromatic rings. The molecule has 0 unspecified atom stereocenters. The Kier molecular flexibility index (Phi) is 4.91. The lowest BCUT2D eigenvalue weighted by atomic mass is 10.2. The van der Waals surface area contributed by atoms with Crippen LogP contribution < -0.4 is 11.2 Å². The van der Waals surface area contributed by atoms with Gasteiger partial charge in [0.25, 0.3) is 5.56 Å². The van der Waals surface area contributed by atoms with Gasteiger partial charge in [0.2, 0.25) is 0 Å². The highest BCUT2D eigenvalue weighted by Crippen LogP contribution is 2.17. The third kappa shape index (κ3) is 3.26. The van der Waals surface area contributed by atoms with Crippen LogP contribution in [0.5, 0.6) is 0 Å². The van der Waals surface area contributed by atoms with Gasteiger partial charge in [0.1, 0.15) is 11.6 Å². The Morgan fingerprint density at radius 2 is 1.83 bits per heavy atom. The third-order valence-electron chi connectivity index (χ3n) is 4.86. The SMILES string of the molecule is C=CCn1c(=O)c2c(ncn2Cc2ccc(F)cc2F)n(-c2ccc(C)cc2)c1=O. The van der Waals surface area contributed by atoms with Crippen molar-refractivity contribution in [2.24, 2.45) is 0 Å². The first-order valence-corrected chi connectivity index (χ1v) is 9.23. The first-order valence-electron chi connectivity index (χ1n) is 9.23. The summed E-state index contributed by atoms with van der Waals surface area (Å²) < 4.78 is 31.2. The van der Waals surface area contributed by atoms with Gasteiger partial charge in [0.15, 0.2) is 11.2 Å². The van der Waals surface area contributed by atoms with Crippen LogP contribution in [0, 0.1) is 18.6 Å². The van der Waals surface area contributed by atoms with Gasteiger partial charge >= 0.3 is 5.69 Å². The summed E-state index contributed by atoms with van der Waals surface area (Å²) in [5.41, 5.74) is 0.954. The number of allylic oxidation sites excluding steroid dienone is 1. The quantitative estimate of drug-likeness (QED) is 0.477. The van der Waals surface area contributed by atoms with Gasteiger partial charge in [-0.05, 0) is 25.1 Å². The molecule has 0 saturated heterocycles. The van der Waals surface area contributed by atoms with Crippen LogP contribution in [0.15, 0.2) is 71.0 Å². The predicted octanol–water partition coefficient (Wildman–Crippen LogP) is 3.17. The van der Waals surface area contributed by atoms with Gasteiger partial charge in [-0.1, -0.05) is 29.8 Å². The van der Waals surface area contributed by atoms with E-state index in [4.69, 9.17) is 0 Å². The van der Waals surface area contributed by atoms with Crippen molar-refractivity contribution in [3.8, 4) is 5.69 Å². The number of aryl methyl sites for hydroxylation is 1. The maximum Gasteiger partial charge on any atom is 0.337 e. The largest absolute Gasteiger partial charge is 0.337 e. The number of rotatable bonds is 5. The minimum Gasteiger partial charge on any atom is -0.320 e. The third-order valence-corrected chi connectivity index (χ3v) is 4.86. The van der Waals surface area contributed by atoms with Gasteiger partial charge in [-0.25, -0.2) is 23.1 Å². The molecular formula is C22H18F2N4O2. The van der Waals surface area contributed by atoms with Crippen molar-refractivity contribution in [2.45, 2.75) is 20.0 Å². The molecule has 2 aromatic carbocycles. The molecule has 0 bridgehead atoms. The zero-order chi connectivity index (χ0) is 21.4. The van der Waals surface area contributed by atoms with E-state index in [1.165, 1.54) is 27.6 Å². The highest BCUT2D eigenvalue weighted by molar-refractivity contribution is 5.72. The van der Waals surface area contributed by atoms with E-state index in [1.807, 2.05) is 19.1 Å². The lowest BCUT2D eigenvalue weighted by Crippen LogP contribution is -2.39. The van der Waals surface area contributed by atoms with Crippen LogP contribution in [0.25, 0.3) is 16.9 Å². The van der Waals surface area contributed by atoms with Gasteiger partial charge in [0, 0.05) is 18.2 Å². The predicted molar refractivity (Wildman–Crippen MR) is 110 cm³/mol. The first-order chi connectivity index (χ1) is 14.4. The summed E-state index contributed by atoms with van der Waals surface area (Å²) in [4.78, 5) is 30.4. The molecule has 4 rings (SSSR count). The Morgan fingerprint density at radius 1 is 1.10 bits per heavy atom. The van der Waals surface area contributed by atoms with Crippen LogP contribution in [0.3, 0.4) is 0 Å². The van der Waals surface area contributed by atoms with E-state index < -0.39 is 22.9 Å². The second kappa shape index (κ2) is 7.55. The molecule has 0 spiro atoms. The molecule has 30 heavy (non-hydrogen) atoms. The van der Waals surface area contributed by atoms with Gasteiger partial charge in [-0.2, -0.15) is 0 Å². The van der Waals surface area contributed by atoms with Gasteiger partial charge in [-0.3, -0.25) is 9.36 Å². The maximum atomic E-state index is 14.2. The molecule has 2 aromatic heterocycles. The van der Waals surface area contributed by atoms with E-state index in [0.29, 0.717) is 5.69 Å². The molecule has 0 aliphatic rings. The maximum absolute atomic E-state index is 14.2. The number of hydrogen-bond donors (Lipinski definition) is 0. The van der Waals surface area contributed by atoms with Crippen molar-refractivity contribution < 1.29 is 8.78 Å². The number of fused-ring (bicyclic) bond motifs is 1. The number of nitrogens with zero attached hydrogens (tertiary/aromatic N) is 4. The zero-order valence-electron chi connectivity index (χ0n) is 16.2. The van der Waals surface area contributed by atoms with Crippen molar-refractivity contribution in [3.05, 3.63) is 105 Å². The molecule has 0 aliphatic carbocycles. The molecule has 0 aliphatic heterocycles. The topological polar surface area (TPSA) is 61.8 Å². The first kappa shape index (κ1) is 19.5. The van der Waals surface area contributed by atoms with Crippen LogP contribution in [-0.2, 0) is 13.1 Å². The van der Waals surface area contributed by atoms with Gasteiger partial charge in [-0.15, -0.1) is 6.58 Å². The molecule has 6 nitrogen and oxygen atoms in total. The highest BCUT2D eigenvalue weighted by Gasteiger charge is 2.19. The monoisotopic (exact) mass is 408 g/mol. The van der Waals surface area contributed by atoms with Crippen LogP contribution >= 0.6 is 0 Å². The fourth-order valence-electron chi connectivity index (χ4n) is 3.35. The van der Waals surface area contributed by atoms with Crippen LogP contribution in [0.4, 0.5) is 8.78 Å². The molecular weight excluding hydrogens is 390 g/mol. The second-order valence-electron chi connectivity index (χ2n) is 6.94. The number of benzene rings is 2. The fourth-order valence-corrected chi connectivity index (χ4v) is 3.35. The summed E-state index contributed by atoms with van der Waals surface area (Å²) in [6, 6.07) is 10.5. The smallest absolute Gasteiger partial charge is 0.320 e. The number of aromatic nitrogens is 4. The van der Waals surface area contributed by atoms with E-state index in [9.17, 15) is 18.4 Å². The molecule has 0 atom stereocenters. The van der Waals surface area contributed by atoms with Gasteiger partial charge < -0.3 is 4.57 Å². The number of hydrogen-bond acceptors (Lipinski definition) is 3. The van der Waals surface area contributed by atoms with Crippen molar-refractivity contribution in [1.82, 2.24) is 18.7 Å². The molecule has 0 N–H and O–H groups in total. The normalized spacial score (nSPS) is 11.2. The molecule has 8 heteroatoms. The van der Waals surface area contributed by atoms with Crippen molar-refractivity contribution in [1.29, 1.82) is 0 Å². The minimum atomic E-state index is -0.727. The molecule has 152 valence electrons. The standard InChI is InChI=1S/C22H18F2N4O2/c1-3-10-27-21(29)19-20(28(22(27)30)17-8-4-14(2)5-9-17)25-13-26(19)12-15-6-7-16(23)11-18(15)24/h3-9,11,13H,1,10,12H2,2H3. The van der Waals surface area contributed by atoms with E-state index >= 15 is 0 Å². The van der Waals surface area contributed by atoms with Crippen molar-refractivity contribution >= 4 is 11.2 Å². The lowest BCUT2D eigenvalue weighted by Gasteiger charge is -2.12. The average Bonchev–Trinajstić information content (AvgIpc) is 3.12. The average molecular weight is 408 g/mol. The van der Waals surface area contributed by atoms with Crippen molar-refractivity contribution in [2.75, 3.05) is 0 Å². The highest BCUT2D eigenvalue weighted by atomic mass is 19.1. The Balaban J connectivity index is 1.99. The number of halogens is 2. The van der Waals surface area contributed by atoms with Crippen molar-refractivity contribution in [3.63, 3.8) is 0 Å².